The van der Waals surface area contributed by atoms with Crippen LogP contribution in [0.1, 0.15) is 17.2 Å². The first-order valence-corrected chi connectivity index (χ1v) is 10.4. The molecule has 174 valence electrons. The van der Waals surface area contributed by atoms with E-state index >= 15 is 0 Å². The van der Waals surface area contributed by atoms with E-state index < -0.39 is 12.1 Å². The molecule has 0 unspecified atom stereocenters. The number of hydrogen-bond acceptors (Lipinski definition) is 6. The molecule has 0 bridgehead atoms. The molecule has 0 saturated carbocycles. The van der Waals surface area contributed by atoms with E-state index in [1.54, 1.807) is 12.4 Å². The van der Waals surface area contributed by atoms with Gasteiger partial charge in [0.05, 0.1) is 16.9 Å². The minimum absolute atomic E-state index is 0.350. The van der Waals surface area contributed by atoms with Gasteiger partial charge in [-0.3, -0.25) is 15.0 Å². The van der Waals surface area contributed by atoms with Crippen molar-refractivity contribution in [3.05, 3.63) is 78.5 Å². The summed E-state index contributed by atoms with van der Waals surface area (Å²) in [6, 6.07) is 14.6. The molecular formula is C24H20F3N5O2. The number of anilines is 1. The Hall–Kier alpha value is -4.08. The third-order valence-corrected chi connectivity index (χ3v) is 5.29. The van der Waals surface area contributed by atoms with Crippen LogP contribution in [0.15, 0.2) is 67.3 Å². The fourth-order valence-electron chi connectivity index (χ4n) is 3.62. The van der Waals surface area contributed by atoms with Crippen LogP contribution in [0, 0.1) is 6.92 Å². The number of nitrogens with zero attached hydrogens (tertiary/aromatic N) is 5. The van der Waals surface area contributed by atoms with Crippen LogP contribution in [0.25, 0.3) is 22.2 Å². The van der Waals surface area contributed by atoms with Crippen LogP contribution in [-0.4, -0.2) is 50.3 Å². The molecule has 1 aliphatic rings. The largest absolute Gasteiger partial charge is 0.490 e. The lowest BCUT2D eigenvalue weighted by Crippen LogP contribution is -2.46. The van der Waals surface area contributed by atoms with Gasteiger partial charge in [-0.05, 0) is 36.8 Å². The second-order valence-electron chi connectivity index (χ2n) is 7.81. The molecule has 0 radical (unpaired) electrons. The van der Waals surface area contributed by atoms with Gasteiger partial charge in [0, 0.05) is 54.7 Å². The third-order valence-electron chi connectivity index (χ3n) is 5.29. The second kappa shape index (κ2) is 9.42. The Morgan fingerprint density at radius 1 is 1.06 bits per heavy atom. The van der Waals surface area contributed by atoms with E-state index in [0.29, 0.717) is 5.92 Å². The van der Waals surface area contributed by atoms with Gasteiger partial charge in [0.2, 0.25) is 0 Å². The highest BCUT2D eigenvalue weighted by Gasteiger charge is 2.38. The number of rotatable bonds is 3. The number of aromatic nitrogens is 4. The minimum atomic E-state index is -5.08. The van der Waals surface area contributed by atoms with Crippen molar-refractivity contribution in [1.82, 2.24) is 19.9 Å². The van der Waals surface area contributed by atoms with E-state index in [1.807, 2.05) is 31.5 Å². The molecule has 1 fully saturated rings. The molecule has 3 aromatic heterocycles. The molecule has 0 aliphatic carbocycles. The maximum absolute atomic E-state index is 10.6. The number of hydrogen-bond donors (Lipinski definition) is 1. The molecule has 1 aromatic carbocycles. The van der Waals surface area contributed by atoms with Crippen LogP contribution in [0.5, 0.6) is 0 Å². The molecule has 0 spiro atoms. The summed E-state index contributed by atoms with van der Waals surface area (Å²) in [5.74, 6) is -1.39. The SMILES string of the molecule is Cc1cncc(-c2nccnc2C2CN(c3ccc4ccccc4n3)C2)c1.O=C(O)C(F)(F)F. The van der Waals surface area contributed by atoms with Gasteiger partial charge in [-0.2, -0.15) is 13.2 Å². The summed E-state index contributed by atoms with van der Waals surface area (Å²) in [7, 11) is 0. The van der Waals surface area contributed by atoms with Crippen molar-refractivity contribution >= 4 is 22.7 Å². The predicted octanol–water partition coefficient (Wildman–Crippen LogP) is 4.63. The minimum Gasteiger partial charge on any atom is -0.475 e. The van der Waals surface area contributed by atoms with Gasteiger partial charge in [-0.25, -0.2) is 9.78 Å². The first-order valence-electron chi connectivity index (χ1n) is 10.4. The number of halogens is 3. The lowest BCUT2D eigenvalue weighted by molar-refractivity contribution is -0.192. The van der Waals surface area contributed by atoms with Crippen LogP contribution in [-0.2, 0) is 4.79 Å². The van der Waals surface area contributed by atoms with Crippen LogP contribution in [0.4, 0.5) is 19.0 Å². The van der Waals surface area contributed by atoms with E-state index in [2.05, 4.69) is 50.2 Å². The summed E-state index contributed by atoms with van der Waals surface area (Å²) < 4.78 is 31.7. The standard InChI is InChI=1S/C22H19N5.C2HF3O2/c1-15-10-17(12-23-11-15)21-22(25-9-8-24-21)18-13-27(14-18)20-7-6-16-4-2-3-5-19(16)26-20;3-2(4,5)1(6)7/h2-12,18H,13-14H2,1H3;(H,6,7). The first kappa shape index (κ1) is 23.1. The quantitative estimate of drug-likeness (QED) is 0.470. The molecule has 1 aliphatic heterocycles. The normalized spacial score (nSPS) is 13.7. The summed E-state index contributed by atoms with van der Waals surface area (Å²) >= 11 is 0. The third kappa shape index (κ3) is 5.11. The average molecular weight is 467 g/mol. The zero-order valence-electron chi connectivity index (χ0n) is 18.1. The van der Waals surface area contributed by atoms with Crippen LogP contribution < -0.4 is 4.90 Å². The molecule has 0 amide bonds. The summed E-state index contributed by atoms with van der Waals surface area (Å²) in [6.07, 6.45) is 2.17. The van der Waals surface area contributed by atoms with Gasteiger partial charge >= 0.3 is 12.1 Å². The Morgan fingerprint density at radius 2 is 1.76 bits per heavy atom. The number of carboxylic acids is 1. The summed E-state index contributed by atoms with van der Waals surface area (Å²) in [6.45, 7) is 3.84. The van der Waals surface area contributed by atoms with Gasteiger partial charge in [-0.1, -0.05) is 18.2 Å². The van der Waals surface area contributed by atoms with E-state index in [4.69, 9.17) is 14.9 Å². The highest BCUT2D eigenvalue weighted by atomic mass is 19.4. The lowest BCUT2D eigenvalue weighted by Gasteiger charge is -2.40. The van der Waals surface area contributed by atoms with E-state index in [9.17, 15) is 13.2 Å². The van der Waals surface area contributed by atoms with Crippen molar-refractivity contribution in [2.24, 2.45) is 0 Å². The van der Waals surface area contributed by atoms with Crippen LogP contribution in [0.3, 0.4) is 0 Å². The number of carboxylic acid groups (broad SMARTS) is 1. The number of aliphatic carboxylic acids is 1. The number of pyridine rings is 2. The lowest BCUT2D eigenvalue weighted by atomic mass is 9.92. The van der Waals surface area contributed by atoms with Crippen molar-refractivity contribution in [3.8, 4) is 11.3 Å². The molecular weight excluding hydrogens is 447 g/mol. The molecule has 1 saturated heterocycles. The summed E-state index contributed by atoms with van der Waals surface area (Å²) in [5, 5.41) is 8.29. The number of alkyl halides is 3. The Morgan fingerprint density at radius 3 is 2.47 bits per heavy atom. The van der Waals surface area contributed by atoms with E-state index in [-0.39, 0.29) is 0 Å². The number of fused-ring (bicyclic) bond motifs is 1. The van der Waals surface area contributed by atoms with Gasteiger partial charge in [0.25, 0.3) is 0 Å². The molecule has 34 heavy (non-hydrogen) atoms. The van der Waals surface area contributed by atoms with Gasteiger partial charge in [-0.15, -0.1) is 0 Å². The van der Waals surface area contributed by atoms with Gasteiger partial charge < -0.3 is 10.0 Å². The number of carbonyl (C=O) groups is 1. The first-order chi connectivity index (χ1) is 16.2. The maximum Gasteiger partial charge on any atom is 0.490 e. The molecule has 7 nitrogen and oxygen atoms in total. The zero-order chi connectivity index (χ0) is 24.3. The monoisotopic (exact) mass is 467 g/mol. The van der Waals surface area contributed by atoms with Crippen LogP contribution >= 0.6 is 0 Å². The van der Waals surface area contributed by atoms with Gasteiger partial charge in [0.1, 0.15) is 5.82 Å². The Bertz CT molecular complexity index is 1320. The fourth-order valence-corrected chi connectivity index (χ4v) is 3.62. The molecule has 4 heterocycles. The molecule has 1 N–H and O–H groups in total. The zero-order valence-corrected chi connectivity index (χ0v) is 18.1. The summed E-state index contributed by atoms with van der Waals surface area (Å²) in [5.41, 5.74) is 5.16. The van der Waals surface area contributed by atoms with Crippen molar-refractivity contribution < 1.29 is 23.1 Å². The topological polar surface area (TPSA) is 92.1 Å². The maximum atomic E-state index is 10.6. The van der Waals surface area contributed by atoms with E-state index in [1.165, 1.54) is 5.39 Å². The average Bonchev–Trinajstić information content (AvgIpc) is 2.78. The number of aryl methyl sites for hydroxylation is 1. The van der Waals surface area contributed by atoms with Crippen molar-refractivity contribution in [1.29, 1.82) is 0 Å². The Labute approximate surface area is 193 Å². The van der Waals surface area contributed by atoms with Crippen molar-refractivity contribution in [3.63, 3.8) is 0 Å². The highest BCUT2D eigenvalue weighted by Crippen LogP contribution is 2.34. The Balaban J connectivity index is 0.000000344. The Kier molecular flexibility index (Phi) is 6.40. The number of para-hydroxylation sites is 1. The molecule has 4 aromatic rings. The molecule has 10 heteroatoms. The van der Waals surface area contributed by atoms with Crippen molar-refractivity contribution in [2.45, 2.75) is 19.0 Å². The second-order valence-corrected chi connectivity index (χ2v) is 7.81. The van der Waals surface area contributed by atoms with Gasteiger partial charge in [0.15, 0.2) is 0 Å². The molecule has 0 atom stereocenters. The van der Waals surface area contributed by atoms with Crippen LogP contribution in [0.2, 0.25) is 0 Å². The van der Waals surface area contributed by atoms with E-state index in [0.717, 1.165) is 46.9 Å². The fraction of sp³-hybridized carbons (Fsp3) is 0.208. The number of benzene rings is 1. The summed E-state index contributed by atoms with van der Waals surface area (Å²) in [4.78, 5) is 29.5. The van der Waals surface area contributed by atoms with Crippen molar-refractivity contribution in [2.75, 3.05) is 18.0 Å². The molecule has 5 rings (SSSR count). The predicted molar refractivity (Wildman–Crippen MR) is 120 cm³/mol. The highest BCUT2D eigenvalue weighted by molar-refractivity contribution is 5.80. The smallest absolute Gasteiger partial charge is 0.475 e.